The summed E-state index contributed by atoms with van der Waals surface area (Å²) in [6.07, 6.45) is 4.56. The van der Waals surface area contributed by atoms with Crippen LogP contribution < -0.4 is 11.1 Å². The first-order valence-corrected chi connectivity index (χ1v) is 10.9. The molecule has 0 aromatic carbocycles. The van der Waals surface area contributed by atoms with Gasteiger partial charge in [-0.2, -0.15) is 4.31 Å². The molecule has 9 heteroatoms. The van der Waals surface area contributed by atoms with Crippen LogP contribution in [0.3, 0.4) is 0 Å². The topological polar surface area (TPSA) is 87.8 Å². The number of nitrogens with one attached hydrogen (secondary N) is 1. The number of nitrogens with two attached hydrogens (primary N) is 1. The Hall–Kier alpha value is -0.390. The van der Waals surface area contributed by atoms with Crippen molar-refractivity contribution in [1.82, 2.24) is 9.62 Å². The zero-order chi connectivity index (χ0) is 17.6. The molecule has 0 unspecified atom stereocenters. The van der Waals surface area contributed by atoms with Crippen LogP contribution in [-0.4, -0.2) is 44.9 Å². The summed E-state index contributed by atoms with van der Waals surface area (Å²) >= 11 is 1.33. The minimum atomic E-state index is -3.35. The molecule has 0 radical (unpaired) electrons. The lowest BCUT2D eigenvalue weighted by molar-refractivity contribution is 0.326. The molecule has 1 aliphatic rings. The molecule has 6 nitrogen and oxygen atoms in total. The standard InChI is InChI=1S/C16H28N4O2S2.HI/c1-3-20(4-2)24(21,22)15-9-8-14(23-15)10-11-18-16(17)19-12-13-6-5-7-13;/h8-9,13H,3-7,10-12H2,1-2H3,(H3,17,18,19);1H. The maximum absolute atomic E-state index is 12.5. The van der Waals surface area contributed by atoms with E-state index in [0.717, 1.165) is 17.8 Å². The third-order valence-electron chi connectivity index (χ3n) is 4.36. The highest BCUT2D eigenvalue weighted by molar-refractivity contribution is 14.0. The Balaban J connectivity index is 0.00000312. The van der Waals surface area contributed by atoms with Crippen LogP contribution in [0.2, 0.25) is 0 Å². The quantitative estimate of drug-likeness (QED) is 0.310. The fourth-order valence-corrected chi connectivity index (χ4v) is 5.56. The molecule has 1 heterocycles. The van der Waals surface area contributed by atoms with Crippen molar-refractivity contribution in [2.24, 2.45) is 16.6 Å². The van der Waals surface area contributed by atoms with Crippen molar-refractivity contribution in [3.05, 3.63) is 17.0 Å². The molecular formula is C16H29IN4O2S2. The summed E-state index contributed by atoms with van der Waals surface area (Å²) in [5.74, 6) is 1.19. The van der Waals surface area contributed by atoms with Gasteiger partial charge in [-0.3, -0.25) is 4.99 Å². The van der Waals surface area contributed by atoms with Crippen molar-refractivity contribution in [2.75, 3.05) is 26.2 Å². The van der Waals surface area contributed by atoms with Crippen LogP contribution in [0, 0.1) is 5.92 Å². The summed E-state index contributed by atoms with van der Waals surface area (Å²) in [4.78, 5) is 5.38. The molecule has 1 fully saturated rings. The van der Waals surface area contributed by atoms with Crippen molar-refractivity contribution in [1.29, 1.82) is 0 Å². The van der Waals surface area contributed by atoms with E-state index in [0.29, 0.717) is 35.7 Å². The van der Waals surface area contributed by atoms with E-state index < -0.39 is 10.0 Å². The zero-order valence-corrected chi connectivity index (χ0v) is 18.9. The molecule has 3 N–H and O–H groups in total. The molecule has 0 amide bonds. The van der Waals surface area contributed by atoms with E-state index in [1.54, 1.807) is 6.07 Å². The third kappa shape index (κ3) is 6.37. The number of sulfonamides is 1. The van der Waals surface area contributed by atoms with Gasteiger partial charge in [0.05, 0.1) is 0 Å². The average Bonchev–Trinajstić information content (AvgIpc) is 2.96. The first-order valence-electron chi connectivity index (χ1n) is 8.60. The molecule has 0 aliphatic heterocycles. The molecule has 1 saturated carbocycles. The van der Waals surface area contributed by atoms with Gasteiger partial charge in [0, 0.05) is 31.1 Å². The second kappa shape index (κ2) is 10.7. The molecule has 0 bridgehead atoms. The lowest BCUT2D eigenvalue weighted by Crippen LogP contribution is -2.34. The van der Waals surface area contributed by atoms with Gasteiger partial charge in [0.1, 0.15) is 4.21 Å². The summed E-state index contributed by atoms with van der Waals surface area (Å²) in [5, 5.41) is 3.10. The van der Waals surface area contributed by atoms with Crippen LogP contribution in [0.1, 0.15) is 38.0 Å². The molecule has 1 aromatic heterocycles. The van der Waals surface area contributed by atoms with Gasteiger partial charge in [-0.1, -0.05) is 20.3 Å². The average molecular weight is 500 g/mol. The number of hydrogen-bond donors (Lipinski definition) is 2. The smallest absolute Gasteiger partial charge is 0.252 e. The highest BCUT2D eigenvalue weighted by Gasteiger charge is 2.23. The van der Waals surface area contributed by atoms with E-state index in [-0.39, 0.29) is 24.0 Å². The fraction of sp³-hybridized carbons (Fsp3) is 0.688. The molecule has 25 heavy (non-hydrogen) atoms. The van der Waals surface area contributed by atoms with E-state index in [4.69, 9.17) is 5.73 Å². The molecule has 0 spiro atoms. The maximum atomic E-state index is 12.5. The van der Waals surface area contributed by atoms with Gasteiger partial charge in [0.25, 0.3) is 10.0 Å². The number of nitrogens with zero attached hydrogens (tertiary/aromatic N) is 2. The predicted octanol–water partition coefficient (Wildman–Crippen LogP) is 2.64. The SMILES string of the molecule is CCN(CC)S(=O)(=O)c1ccc(CCNC(N)=NCC2CCC2)s1.I. The Bertz CT molecular complexity index is 653. The number of aliphatic imine (C=N–C) groups is 1. The lowest BCUT2D eigenvalue weighted by atomic mass is 9.86. The summed E-state index contributed by atoms with van der Waals surface area (Å²) in [6, 6.07) is 3.58. The third-order valence-corrected chi connectivity index (χ3v) is 8.02. The largest absolute Gasteiger partial charge is 0.370 e. The Kier molecular flexibility index (Phi) is 9.68. The van der Waals surface area contributed by atoms with Crippen molar-refractivity contribution in [2.45, 2.75) is 43.7 Å². The van der Waals surface area contributed by atoms with Crippen LogP contribution in [0.25, 0.3) is 0 Å². The number of thiophene rings is 1. The van der Waals surface area contributed by atoms with Gasteiger partial charge in [0.2, 0.25) is 0 Å². The fourth-order valence-electron chi connectivity index (χ4n) is 2.59. The van der Waals surface area contributed by atoms with E-state index in [2.05, 4.69) is 10.3 Å². The summed E-state index contributed by atoms with van der Waals surface area (Å²) in [5.41, 5.74) is 5.85. The number of hydrogen-bond acceptors (Lipinski definition) is 4. The van der Waals surface area contributed by atoms with Crippen LogP contribution in [0.5, 0.6) is 0 Å². The Morgan fingerprint density at radius 2 is 2.04 bits per heavy atom. The molecule has 1 aromatic rings. The van der Waals surface area contributed by atoms with E-state index >= 15 is 0 Å². The first kappa shape index (κ1) is 22.7. The van der Waals surface area contributed by atoms with Gasteiger partial charge in [-0.25, -0.2) is 8.42 Å². The number of rotatable bonds is 9. The second-order valence-electron chi connectivity index (χ2n) is 6.01. The van der Waals surface area contributed by atoms with Crippen LogP contribution in [0.4, 0.5) is 0 Å². The van der Waals surface area contributed by atoms with Crippen molar-refractivity contribution in [3.63, 3.8) is 0 Å². The summed E-state index contributed by atoms with van der Waals surface area (Å²) in [6.45, 7) is 6.15. The highest BCUT2D eigenvalue weighted by Crippen LogP contribution is 2.26. The summed E-state index contributed by atoms with van der Waals surface area (Å²) in [7, 11) is -3.35. The van der Waals surface area contributed by atoms with Gasteiger partial charge < -0.3 is 11.1 Å². The Morgan fingerprint density at radius 1 is 1.36 bits per heavy atom. The van der Waals surface area contributed by atoms with Gasteiger partial charge >= 0.3 is 0 Å². The second-order valence-corrected chi connectivity index (χ2v) is 9.34. The van der Waals surface area contributed by atoms with Gasteiger partial charge in [-0.05, 0) is 37.3 Å². The van der Waals surface area contributed by atoms with Crippen molar-refractivity contribution >= 4 is 51.3 Å². The summed E-state index contributed by atoms with van der Waals surface area (Å²) < 4.78 is 26.8. The predicted molar refractivity (Wildman–Crippen MR) is 115 cm³/mol. The molecular weight excluding hydrogens is 471 g/mol. The monoisotopic (exact) mass is 500 g/mol. The minimum absolute atomic E-state index is 0. The lowest BCUT2D eigenvalue weighted by Gasteiger charge is -2.23. The Morgan fingerprint density at radius 3 is 2.60 bits per heavy atom. The van der Waals surface area contributed by atoms with E-state index in [9.17, 15) is 8.42 Å². The first-order chi connectivity index (χ1) is 11.5. The minimum Gasteiger partial charge on any atom is -0.370 e. The maximum Gasteiger partial charge on any atom is 0.252 e. The Labute approximate surface area is 172 Å². The van der Waals surface area contributed by atoms with Crippen molar-refractivity contribution < 1.29 is 8.42 Å². The van der Waals surface area contributed by atoms with Crippen LogP contribution >= 0.6 is 35.3 Å². The number of guanidine groups is 1. The van der Waals surface area contributed by atoms with Crippen LogP contribution in [0.15, 0.2) is 21.3 Å². The van der Waals surface area contributed by atoms with E-state index in [1.807, 2.05) is 19.9 Å². The van der Waals surface area contributed by atoms with Crippen molar-refractivity contribution in [3.8, 4) is 0 Å². The highest BCUT2D eigenvalue weighted by atomic mass is 127. The molecule has 1 aliphatic carbocycles. The zero-order valence-electron chi connectivity index (χ0n) is 14.9. The van der Waals surface area contributed by atoms with E-state index in [1.165, 1.54) is 34.9 Å². The van der Waals surface area contributed by atoms with Crippen LogP contribution in [-0.2, 0) is 16.4 Å². The molecule has 0 atom stereocenters. The normalized spacial score (nSPS) is 15.7. The molecule has 0 saturated heterocycles. The molecule has 2 rings (SSSR count). The van der Waals surface area contributed by atoms with Gasteiger partial charge in [0.15, 0.2) is 5.96 Å². The van der Waals surface area contributed by atoms with Gasteiger partial charge in [-0.15, -0.1) is 35.3 Å². The molecule has 144 valence electrons. The number of halogens is 1.